The van der Waals surface area contributed by atoms with Crippen LogP contribution in [0.15, 0.2) is 65.7 Å². The number of fused-ring (bicyclic) bond motifs is 8. The van der Waals surface area contributed by atoms with Crippen LogP contribution in [0, 0.1) is 6.92 Å². The van der Waals surface area contributed by atoms with E-state index < -0.39 is 0 Å². The van der Waals surface area contributed by atoms with Crippen LogP contribution in [0.25, 0.3) is 60.0 Å². The zero-order valence-electron chi connectivity index (χ0n) is 15.5. The van der Waals surface area contributed by atoms with Crippen molar-refractivity contribution in [1.29, 1.82) is 0 Å². The van der Waals surface area contributed by atoms with Crippen molar-refractivity contribution >= 4 is 60.0 Å². The van der Waals surface area contributed by atoms with E-state index in [1.54, 1.807) is 6.26 Å². The molecule has 0 saturated carbocycles. The Balaban J connectivity index is 2.04. The zero-order chi connectivity index (χ0) is 18.6. The lowest BCUT2D eigenvalue weighted by Crippen LogP contribution is -2.30. The predicted octanol–water partition coefficient (Wildman–Crippen LogP) is 5.26. The van der Waals surface area contributed by atoms with E-state index in [1.165, 1.54) is 54.4 Å². The summed E-state index contributed by atoms with van der Waals surface area (Å²) in [5, 5.41) is 7.52. The van der Waals surface area contributed by atoms with Crippen LogP contribution in [0.2, 0.25) is 0 Å². The first-order valence-electron chi connectivity index (χ1n) is 9.45. The van der Waals surface area contributed by atoms with Crippen molar-refractivity contribution < 1.29 is 8.98 Å². The maximum atomic E-state index is 5.91. The third kappa shape index (κ3) is 1.43. The van der Waals surface area contributed by atoms with Gasteiger partial charge in [0, 0.05) is 32.5 Å². The van der Waals surface area contributed by atoms with Gasteiger partial charge in [0.25, 0.3) is 6.33 Å². The maximum Gasteiger partial charge on any atom is 0.286 e. The topological polar surface area (TPSA) is 34.3 Å². The minimum atomic E-state index is 0.967. The Morgan fingerprint density at radius 2 is 1.75 bits per heavy atom. The number of hydrogen-bond acceptors (Lipinski definition) is 2. The standard InChI is InChI=1S/C24H16N3O/c1-13-20-21-15(17-9-10-28-24(13)17)7-8-16-14-5-3-4-6-18(14)27(22(16)21)19-11-25-12-26(2)23(19)20/h3-12H,1-2H3/q+1. The molecule has 7 aromatic rings. The van der Waals surface area contributed by atoms with Crippen LogP contribution in [0.1, 0.15) is 5.56 Å². The summed E-state index contributed by atoms with van der Waals surface area (Å²) in [5.41, 5.74) is 6.92. The third-order valence-corrected chi connectivity index (χ3v) is 6.27. The molecule has 7 rings (SSSR count). The van der Waals surface area contributed by atoms with E-state index in [0.717, 1.165) is 11.1 Å². The Bertz CT molecular complexity index is 1740. The van der Waals surface area contributed by atoms with Crippen LogP contribution in [0.4, 0.5) is 0 Å². The van der Waals surface area contributed by atoms with E-state index in [0.29, 0.717) is 0 Å². The van der Waals surface area contributed by atoms with Crippen molar-refractivity contribution in [3.63, 3.8) is 0 Å². The first-order valence-corrected chi connectivity index (χ1v) is 9.45. The number of aryl methyl sites for hydroxylation is 2. The molecule has 0 radical (unpaired) electrons. The fourth-order valence-corrected chi connectivity index (χ4v) is 5.17. The molecule has 4 nitrogen and oxygen atoms in total. The summed E-state index contributed by atoms with van der Waals surface area (Å²) < 4.78 is 10.4. The van der Waals surface area contributed by atoms with E-state index in [4.69, 9.17) is 4.42 Å². The summed E-state index contributed by atoms with van der Waals surface area (Å²) in [6.45, 7) is 2.17. The van der Waals surface area contributed by atoms with Gasteiger partial charge in [-0.05, 0) is 24.4 Å². The number of aromatic nitrogens is 3. The van der Waals surface area contributed by atoms with Crippen molar-refractivity contribution in [1.82, 2.24) is 9.38 Å². The highest BCUT2D eigenvalue weighted by molar-refractivity contribution is 6.32. The van der Waals surface area contributed by atoms with Crippen LogP contribution in [0.3, 0.4) is 0 Å². The number of pyridine rings is 1. The Kier molecular flexibility index (Phi) is 2.36. The van der Waals surface area contributed by atoms with Gasteiger partial charge in [-0.25, -0.2) is 4.57 Å². The van der Waals surface area contributed by atoms with E-state index in [1.807, 2.05) is 12.5 Å². The molecule has 0 fully saturated rings. The molecule has 0 atom stereocenters. The van der Waals surface area contributed by atoms with Crippen LogP contribution >= 0.6 is 0 Å². The molecule has 0 unspecified atom stereocenters. The largest absolute Gasteiger partial charge is 0.464 e. The Labute approximate surface area is 159 Å². The fourth-order valence-electron chi connectivity index (χ4n) is 5.17. The fraction of sp³-hybridized carbons (Fsp3) is 0.0833. The zero-order valence-corrected chi connectivity index (χ0v) is 15.5. The summed E-state index contributed by atoms with van der Waals surface area (Å²) in [5.74, 6) is 0. The smallest absolute Gasteiger partial charge is 0.286 e. The molecule has 0 bridgehead atoms. The number of benzene rings is 3. The second-order valence-electron chi connectivity index (χ2n) is 7.64. The maximum absolute atomic E-state index is 5.91. The summed E-state index contributed by atoms with van der Waals surface area (Å²) in [6.07, 6.45) is 5.66. The predicted molar refractivity (Wildman–Crippen MR) is 112 cm³/mol. The van der Waals surface area contributed by atoms with Gasteiger partial charge in [-0.3, -0.25) is 0 Å². The van der Waals surface area contributed by atoms with Gasteiger partial charge in [0.2, 0.25) is 0 Å². The number of rotatable bonds is 0. The molecule has 0 aliphatic heterocycles. The molecular weight excluding hydrogens is 346 g/mol. The summed E-state index contributed by atoms with van der Waals surface area (Å²) >= 11 is 0. The number of hydrogen-bond donors (Lipinski definition) is 0. The van der Waals surface area contributed by atoms with E-state index in [2.05, 4.69) is 70.4 Å². The molecule has 0 aliphatic carbocycles. The van der Waals surface area contributed by atoms with Gasteiger partial charge < -0.3 is 8.82 Å². The van der Waals surface area contributed by atoms with Gasteiger partial charge in [-0.15, -0.1) is 0 Å². The first-order chi connectivity index (χ1) is 13.8. The SMILES string of the molecule is Cc1c2occc2c2ccc3c4ccccc4n4c5cnc[n+](C)c5c1c2c34. The molecule has 4 heteroatoms. The monoisotopic (exact) mass is 362 g/mol. The van der Waals surface area contributed by atoms with Gasteiger partial charge in [-0.2, -0.15) is 0 Å². The van der Waals surface area contributed by atoms with Crippen LogP contribution < -0.4 is 4.57 Å². The van der Waals surface area contributed by atoms with E-state index >= 15 is 0 Å². The number of para-hydroxylation sites is 1. The van der Waals surface area contributed by atoms with E-state index in [-0.39, 0.29) is 0 Å². The van der Waals surface area contributed by atoms with Gasteiger partial charge in [0.15, 0.2) is 11.7 Å². The quantitative estimate of drug-likeness (QED) is 0.209. The third-order valence-electron chi connectivity index (χ3n) is 6.27. The van der Waals surface area contributed by atoms with Gasteiger partial charge in [0.05, 0.1) is 24.3 Å². The molecule has 0 saturated heterocycles. The van der Waals surface area contributed by atoms with Crippen molar-refractivity contribution in [3.8, 4) is 0 Å². The van der Waals surface area contributed by atoms with Crippen molar-refractivity contribution in [2.24, 2.45) is 7.05 Å². The normalized spacial score (nSPS) is 12.6. The molecule has 0 aliphatic rings. The molecule has 28 heavy (non-hydrogen) atoms. The lowest BCUT2D eigenvalue weighted by molar-refractivity contribution is -0.647. The van der Waals surface area contributed by atoms with Crippen LogP contribution in [-0.4, -0.2) is 9.38 Å². The molecule has 4 aromatic heterocycles. The number of furan rings is 1. The Hall–Kier alpha value is -3.66. The summed E-state index contributed by atoms with van der Waals surface area (Å²) in [4.78, 5) is 4.51. The lowest BCUT2D eigenvalue weighted by Gasteiger charge is -2.14. The molecule has 0 spiro atoms. The highest BCUT2D eigenvalue weighted by atomic mass is 16.3. The minimum absolute atomic E-state index is 0.967. The Morgan fingerprint density at radius 1 is 0.893 bits per heavy atom. The van der Waals surface area contributed by atoms with Gasteiger partial charge in [-0.1, -0.05) is 35.3 Å². The highest BCUT2D eigenvalue weighted by Crippen LogP contribution is 2.44. The molecule has 0 N–H and O–H groups in total. The van der Waals surface area contributed by atoms with Crippen LogP contribution in [0.5, 0.6) is 0 Å². The lowest BCUT2D eigenvalue weighted by atomic mass is 9.94. The molecule has 4 heterocycles. The van der Waals surface area contributed by atoms with E-state index in [9.17, 15) is 0 Å². The summed E-state index contributed by atoms with van der Waals surface area (Å²) in [7, 11) is 2.07. The van der Waals surface area contributed by atoms with Gasteiger partial charge >= 0.3 is 0 Å². The molecule has 0 amide bonds. The minimum Gasteiger partial charge on any atom is -0.464 e. The Morgan fingerprint density at radius 3 is 2.68 bits per heavy atom. The highest BCUT2D eigenvalue weighted by Gasteiger charge is 2.24. The molecule has 3 aromatic carbocycles. The number of nitrogens with zero attached hydrogens (tertiary/aromatic N) is 3. The summed E-state index contributed by atoms with van der Waals surface area (Å²) in [6, 6.07) is 15.2. The molecular formula is C24H16N3O+. The van der Waals surface area contributed by atoms with Crippen LogP contribution in [-0.2, 0) is 7.05 Å². The average Bonchev–Trinajstić information content (AvgIpc) is 3.33. The second-order valence-corrected chi connectivity index (χ2v) is 7.64. The first kappa shape index (κ1) is 14.4. The van der Waals surface area contributed by atoms with Gasteiger partial charge in [0.1, 0.15) is 11.1 Å². The average molecular weight is 362 g/mol. The second kappa shape index (κ2) is 4.60. The van der Waals surface area contributed by atoms with Crippen molar-refractivity contribution in [2.45, 2.75) is 6.92 Å². The van der Waals surface area contributed by atoms with Crippen molar-refractivity contribution in [2.75, 3.05) is 0 Å². The van der Waals surface area contributed by atoms with Crippen molar-refractivity contribution in [3.05, 3.63) is 66.8 Å². The molecule has 132 valence electrons.